The summed E-state index contributed by atoms with van der Waals surface area (Å²) in [5.74, 6) is 3.11. The highest BCUT2D eigenvalue weighted by atomic mass is 127. The highest BCUT2D eigenvalue weighted by molar-refractivity contribution is 14.1. The van der Waals surface area contributed by atoms with Crippen LogP contribution in [-0.4, -0.2) is 28.2 Å². The van der Waals surface area contributed by atoms with E-state index in [0.29, 0.717) is 0 Å². The van der Waals surface area contributed by atoms with E-state index in [-0.39, 0.29) is 16.5 Å². The number of hydrogen-bond acceptors (Lipinski definition) is 0. The van der Waals surface area contributed by atoms with Gasteiger partial charge in [-0.25, -0.2) is 0 Å². The zero-order valence-electron chi connectivity index (χ0n) is 19.9. The second-order valence-electron chi connectivity index (χ2n) is 8.77. The van der Waals surface area contributed by atoms with Crippen molar-refractivity contribution in [3.63, 3.8) is 0 Å². The number of rotatable bonds is 18. The molecule has 0 aliphatic heterocycles. The van der Waals surface area contributed by atoms with Crippen LogP contribution in [0.4, 0.5) is 0 Å². The second kappa shape index (κ2) is 19.5. The monoisotopic (exact) mass is 579 g/mol. The van der Waals surface area contributed by atoms with Crippen molar-refractivity contribution < 1.29 is 16.9 Å². The molecular formula is C27H44Cl2IN. The Kier molecular flexibility index (Phi) is 19.5. The zero-order valence-corrected chi connectivity index (χ0v) is 23.5. The molecule has 1 atom stereocenters. The van der Waals surface area contributed by atoms with Crippen LogP contribution in [0, 0.1) is 12.3 Å². The maximum absolute atomic E-state index is 6.47. The van der Waals surface area contributed by atoms with E-state index in [1.165, 1.54) is 95.7 Å². The molecule has 0 spiro atoms. The summed E-state index contributed by atoms with van der Waals surface area (Å²) < 4.78 is 1.28. The molecule has 1 unspecified atom stereocenters. The molecule has 178 valence electrons. The molecule has 1 nitrogen and oxygen atoms in total. The Morgan fingerprint density at radius 2 is 1.32 bits per heavy atom. The molecule has 0 bridgehead atoms. The molecule has 0 N–H and O–H groups in total. The molecule has 0 saturated carbocycles. The topological polar surface area (TPSA) is 0 Å². The molecule has 1 aromatic rings. The SMILES string of the molecule is C#CC(I)[N+](CCCCCCCC)(CCCCCCCC)CCc1ccccc1Cl.[Cl-]. The van der Waals surface area contributed by atoms with Gasteiger partial charge in [-0.1, -0.05) is 95.0 Å². The number of terminal acetylenes is 1. The summed E-state index contributed by atoms with van der Waals surface area (Å²) in [6.45, 7) is 8.05. The Morgan fingerprint density at radius 3 is 1.81 bits per heavy atom. The molecule has 31 heavy (non-hydrogen) atoms. The van der Waals surface area contributed by atoms with E-state index in [1.807, 2.05) is 12.1 Å². The molecule has 0 radical (unpaired) electrons. The smallest absolute Gasteiger partial charge is 0.200 e. The van der Waals surface area contributed by atoms with E-state index in [0.717, 1.165) is 22.5 Å². The molecule has 0 saturated heterocycles. The number of quaternary nitrogens is 1. The normalized spacial score (nSPS) is 12.2. The van der Waals surface area contributed by atoms with Gasteiger partial charge in [0.25, 0.3) is 0 Å². The fourth-order valence-electron chi connectivity index (χ4n) is 4.29. The van der Waals surface area contributed by atoms with Crippen molar-refractivity contribution in [1.29, 1.82) is 0 Å². The lowest BCUT2D eigenvalue weighted by molar-refractivity contribution is -0.927. The van der Waals surface area contributed by atoms with Crippen LogP contribution in [0.3, 0.4) is 0 Å². The van der Waals surface area contributed by atoms with E-state index in [4.69, 9.17) is 18.0 Å². The van der Waals surface area contributed by atoms with E-state index in [1.54, 1.807) is 0 Å². The largest absolute Gasteiger partial charge is 1.00 e. The third-order valence-corrected chi connectivity index (χ3v) is 8.23. The van der Waals surface area contributed by atoms with Crippen LogP contribution in [0.1, 0.15) is 96.5 Å². The number of benzene rings is 1. The van der Waals surface area contributed by atoms with Gasteiger partial charge in [0.15, 0.2) is 0 Å². The van der Waals surface area contributed by atoms with Crippen LogP contribution >= 0.6 is 34.2 Å². The molecule has 0 fully saturated rings. The number of hydrogen-bond donors (Lipinski definition) is 0. The minimum Gasteiger partial charge on any atom is -1.00 e. The number of alkyl halides is 1. The van der Waals surface area contributed by atoms with Crippen molar-refractivity contribution in [3.05, 3.63) is 34.9 Å². The molecule has 1 aromatic carbocycles. The van der Waals surface area contributed by atoms with Crippen molar-refractivity contribution in [2.45, 2.75) is 101 Å². The third-order valence-electron chi connectivity index (χ3n) is 6.32. The standard InChI is InChI=1S/C27H44ClIN.ClH/c1-4-7-9-11-13-17-22-30(27(29)6-3,23-18-14-12-10-8-5-2)24-21-25-19-15-16-20-26(25)28;/h3,15-16,19-20,27H,4-5,7-14,17-18,21-24H2,1-2H3;1H/q+1;/p-1. The Bertz CT molecular complexity index is 583. The van der Waals surface area contributed by atoms with Crippen molar-refractivity contribution in [2.24, 2.45) is 0 Å². The van der Waals surface area contributed by atoms with Crippen molar-refractivity contribution in [2.75, 3.05) is 19.6 Å². The summed E-state index contributed by atoms with van der Waals surface area (Å²) in [5.41, 5.74) is 1.26. The summed E-state index contributed by atoms with van der Waals surface area (Å²) in [6.07, 6.45) is 23.0. The van der Waals surface area contributed by atoms with Gasteiger partial charge >= 0.3 is 0 Å². The van der Waals surface area contributed by atoms with Gasteiger partial charge in [-0.15, -0.1) is 6.42 Å². The number of halogens is 3. The van der Waals surface area contributed by atoms with Crippen LogP contribution in [0.5, 0.6) is 0 Å². The molecule has 1 rings (SSSR count). The maximum atomic E-state index is 6.47. The minimum absolute atomic E-state index is 0. The van der Waals surface area contributed by atoms with E-state index >= 15 is 0 Å². The summed E-state index contributed by atoms with van der Waals surface area (Å²) >= 11 is 8.99. The van der Waals surface area contributed by atoms with Gasteiger partial charge in [-0.3, -0.25) is 0 Å². The second-order valence-corrected chi connectivity index (χ2v) is 10.4. The lowest BCUT2D eigenvalue weighted by Gasteiger charge is -2.41. The number of unbranched alkanes of at least 4 members (excludes halogenated alkanes) is 10. The third kappa shape index (κ3) is 12.8. The lowest BCUT2D eigenvalue weighted by Crippen LogP contribution is -3.00. The predicted molar refractivity (Wildman–Crippen MR) is 143 cm³/mol. The van der Waals surface area contributed by atoms with Gasteiger partial charge in [-0.05, 0) is 43.2 Å². The summed E-state index contributed by atoms with van der Waals surface area (Å²) in [4.78, 5) is 0. The van der Waals surface area contributed by atoms with Crippen molar-refractivity contribution in [1.82, 2.24) is 0 Å². The van der Waals surface area contributed by atoms with Gasteiger partial charge in [-0.2, -0.15) is 0 Å². The van der Waals surface area contributed by atoms with Gasteiger partial charge in [0.2, 0.25) is 4.05 Å². The van der Waals surface area contributed by atoms with Crippen LogP contribution < -0.4 is 12.4 Å². The molecule has 0 heterocycles. The highest BCUT2D eigenvalue weighted by Crippen LogP contribution is 2.26. The van der Waals surface area contributed by atoms with Gasteiger partial charge < -0.3 is 16.9 Å². The summed E-state index contributed by atoms with van der Waals surface area (Å²) in [5, 5.41) is 0.889. The first-order valence-corrected chi connectivity index (χ1v) is 13.9. The van der Waals surface area contributed by atoms with Crippen LogP contribution in [-0.2, 0) is 6.42 Å². The fourth-order valence-corrected chi connectivity index (χ4v) is 5.36. The van der Waals surface area contributed by atoms with Crippen molar-refractivity contribution in [3.8, 4) is 12.3 Å². The zero-order chi connectivity index (χ0) is 22.1. The molecule has 0 aliphatic carbocycles. The van der Waals surface area contributed by atoms with Gasteiger partial charge in [0, 0.05) is 34.0 Å². The Hall–Kier alpha value is 0.0500. The Morgan fingerprint density at radius 1 is 0.839 bits per heavy atom. The lowest BCUT2D eigenvalue weighted by atomic mass is 10.1. The van der Waals surface area contributed by atoms with E-state index in [9.17, 15) is 0 Å². The average Bonchev–Trinajstić information content (AvgIpc) is 2.76. The van der Waals surface area contributed by atoms with Gasteiger partial charge in [0.1, 0.15) is 0 Å². The summed E-state index contributed by atoms with van der Waals surface area (Å²) in [7, 11) is 0. The summed E-state index contributed by atoms with van der Waals surface area (Å²) in [6, 6.07) is 8.30. The number of nitrogens with zero attached hydrogens (tertiary/aromatic N) is 1. The molecule has 0 aliphatic rings. The first-order valence-electron chi connectivity index (χ1n) is 12.3. The van der Waals surface area contributed by atoms with E-state index in [2.05, 4.69) is 54.5 Å². The quantitative estimate of drug-likeness (QED) is 0.0513. The van der Waals surface area contributed by atoms with Crippen LogP contribution in [0.2, 0.25) is 5.02 Å². The molecular weight excluding hydrogens is 536 g/mol. The highest BCUT2D eigenvalue weighted by Gasteiger charge is 2.33. The Balaban J connectivity index is 0.00000900. The first-order chi connectivity index (χ1) is 14.6. The molecule has 4 heteroatoms. The average molecular weight is 580 g/mol. The van der Waals surface area contributed by atoms with Crippen LogP contribution in [0.15, 0.2) is 24.3 Å². The van der Waals surface area contributed by atoms with Gasteiger partial charge in [0.05, 0.1) is 19.6 Å². The maximum Gasteiger partial charge on any atom is 0.200 e. The molecule has 0 amide bonds. The fraction of sp³-hybridized carbons (Fsp3) is 0.704. The first kappa shape index (κ1) is 31.0. The van der Waals surface area contributed by atoms with Crippen LogP contribution in [0.25, 0.3) is 0 Å². The Labute approximate surface area is 218 Å². The van der Waals surface area contributed by atoms with Crippen molar-refractivity contribution >= 4 is 34.2 Å². The van der Waals surface area contributed by atoms with E-state index < -0.39 is 0 Å². The predicted octanol–water partition coefficient (Wildman–Crippen LogP) is 5.82. The minimum atomic E-state index is 0. The molecule has 0 aromatic heterocycles.